The van der Waals surface area contributed by atoms with Crippen molar-refractivity contribution in [2.24, 2.45) is 7.05 Å². The molecule has 1 aromatic heterocycles. The van der Waals surface area contributed by atoms with Gasteiger partial charge in [-0.15, -0.1) is 0 Å². The summed E-state index contributed by atoms with van der Waals surface area (Å²) >= 11 is 0. The molecular weight excluding hydrogens is 239 g/mol. The lowest BCUT2D eigenvalue weighted by atomic mass is 10.1. The lowest BCUT2D eigenvalue weighted by Crippen LogP contribution is -1.93. The molecule has 0 saturated heterocycles. The first kappa shape index (κ1) is 11.7. The van der Waals surface area contributed by atoms with Crippen molar-refractivity contribution in [3.8, 4) is 22.5 Å². The summed E-state index contributed by atoms with van der Waals surface area (Å²) in [6.07, 6.45) is 0. The zero-order valence-electron chi connectivity index (χ0n) is 10.5. The van der Waals surface area contributed by atoms with Crippen molar-refractivity contribution < 1.29 is 4.39 Å². The molecule has 0 fully saturated rings. The first-order chi connectivity index (χ1) is 9.24. The molecule has 0 N–H and O–H groups in total. The molecule has 94 valence electrons. The molecule has 3 aromatic rings. The van der Waals surface area contributed by atoms with Crippen LogP contribution in [0, 0.1) is 5.82 Å². The summed E-state index contributed by atoms with van der Waals surface area (Å²) in [7, 11) is 1.91. The fourth-order valence-corrected chi connectivity index (χ4v) is 2.11. The molecule has 0 radical (unpaired) electrons. The summed E-state index contributed by atoms with van der Waals surface area (Å²) in [5, 5.41) is 4.48. The van der Waals surface area contributed by atoms with Crippen LogP contribution in [0.25, 0.3) is 22.5 Å². The van der Waals surface area contributed by atoms with Gasteiger partial charge in [0.15, 0.2) is 0 Å². The van der Waals surface area contributed by atoms with E-state index < -0.39 is 0 Å². The highest BCUT2D eigenvalue weighted by molar-refractivity contribution is 5.68. The van der Waals surface area contributed by atoms with Crippen LogP contribution in [0.2, 0.25) is 0 Å². The summed E-state index contributed by atoms with van der Waals surface area (Å²) in [6, 6.07) is 18.5. The Kier molecular flexibility index (Phi) is 2.88. The Labute approximate surface area is 111 Å². The van der Waals surface area contributed by atoms with Gasteiger partial charge in [-0.3, -0.25) is 4.68 Å². The van der Waals surface area contributed by atoms with Gasteiger partial charge in [0.05, 0.1) is 11.4 Å². The van der Waals surface area contributed by atoms with E-state index in [1.165, 1.54) is 12.1 Å². The maximum atomic E-state index is 12.9. The molecule has 0 spiro atoms. The SMILES string of the molecule is Cn1nc(-c2ccc(F)cc2)cc1-c1ccccc1. The average Bonchev–Trinajstić information content (AvgIpc) is 2.83. The Bertz CT molecular complexity index is 685. The van der Waals surface area contributed by atoms with Crippen molar-refractivity contribution >= 4 is 0 Å². The molecule has 2 nitrogen and oxygen atoms in total. The number of nitrogens with zero attached hydrogens (tertiary/aromatic N) is 2. The van der Waals surface area contributed by atoms with Gasteiger partial charge >= 0.3 is 0 Å². The van der Waals surface area contributed by atoms with E-state index >= 15 is 0 Å². The Balaban J connectivity index is 2.04. The molecule has 1 heterocycles. The Morgan fingerprint density at radius 3 is 2.26 bits per heavy atom. The number of hydrogen-bond donors (Lipinski definition) is 0. The molecule has 3 heteroatoms. The van der Waals surface area contributed by atoms with Crippen molar-refractivity contribution in [2.45, 2.75) is 0 Å². The Morgan fingerprint density at radius 2 is 1.58 bits per heavy atom. The van der Waals surface area contributed by atoms with Crippen LogP contribution in [0.3, 0.4) is 0 Å². The average molecular weight is 252 g/mol. The number of hydrogen-bond acceptors (Lipinski definition) is 1. The lowest BCUT2D eigenvalue weighted by molar-refractivity contribution is 0.628. The first-order valence-corrected chi connectivity index (χ1v) is 6.09. The van der Waals surface area contributed by atoms with E-state index in [1.54, 1.807) is 12.1 Å². The number of benzene rings is 2. The topological polar surface area (TPSA) is 17.8 Å². The van der Waals surface area contributed by atoms with Crippen LogP contribution in [0.4, 0.5) is 4.39 Å². The van der Waals surface area contributed by atoms with Crippen molar-refractivity contribution in [3.05, 3.63) is 66.5 Å². The van der Waals surface area contributed by atoms with Crippen molar-refractivity contribution in [2.75, 3.05) is 0 Å². The minimum atomic E-state index is -0.233. The molecule has 0 aliphatic rings. The second-order valence-corrected chi connectivity index (χ2v) is 4.41. The lowest BCUT2D eigenvalue weighted by Gasteiger charge is -1.99. The van der Waals surface area contributed by atoms with Gasteiger partial charge in [0.1, 0.15) is 5.82 Å². The van der Waals surface area contributed by atoms with E-state index in [9.17, 15) is 4.39 Å². The number of aryl methyl sites for hydroxylation is 1. The molecule has 0 saturated carbocycles. The van der Waals surface area contributed by atoms with E-state index in [0.29, 0.717) is 0 Å². The van der Waals surface area contributed by atoms with E-state index in [4.69, 9.17) is 0 Å². The molecule has 19 heavy (non-hydrogen) atoms. The van der Waals surface area contributed by atoms with Gasteiger partial charge in [-0.05, 0) is 35.9 Å². The van der Waals surface area contributed by atoms with E-state index in [0.717, 1.165) is 22.5 Å². The summed E-state index contributed by atoms with van der Waals surface area (Å²) in [5.74, 6) is -0.233. The van der Waals surface area contributed by atoms with Gasteiger partial charge in [-0.1, -0.05) is 30.3 Å². The summed E-state index contributed by atoms with van der Waals surface area (Å²) in [5.41, 5.74) is 3.92. The highest BCUT2D eigenvalue weighted by atomic mass is 19.1. The highest BCUT2D eigenvalue weighted by Gasteiger charge is 2.08. The fourth-order valence-electron chi connectivity index (χ4n) is 2.11. The summed E-state index contributed by atoms with van der Waals surface area (Å²) in [4.78, 5) is 0. The van der Waals surface area contributed by atoms with Gasteiger partial charge in [0, 0.05) is 12.6 Å². The molecule has 0 amide bonds. The molecule has 0 bridgehead atoms. The van der Waals surface area contributed by atoms with E-state index in [2.05, 4.69) is 5.10 Å². The molecule has 2 aromatic carbocycles. The largest absolute Gasteiger partial charge is 0.267 e. The quantitative estimate of drug-likeness (QED) is 0.676. The maximum Gasteiger partial charge on any atom is 0.123 e. The third kappa shape index (κ3) is 2.27. The number of halogens is 1. The normalized spacial score (nSPS) is 10.6. The third-order valence-electron chi connectivity index (χ3n) is 3.09. The van der Waals surface area contributed by atoms with Gasteiger partial charge in [-0.2, -0.15) is 5.10 Å². The van der Waals surface area contributed by atoms with Crippen LogP contribution in [0.1, 0.15) is 0 Å². The third-order valence-corrected chi connectivity index (χ3v) is 3.09. The van der Waals surface area contributed by atoms with Crippen molar-refractivity contribution in [1.82, 2.24) is 9.78 Å². The molecule has 0 aliphatic heterocycles. The summed E-state index contributed by atoms with van der Waals surface area (Å²) < 4.78 is 14.8. The molecule has 0 atom stereocenters. The van der Waals surface area contributed by atoms with E-state index in [-0.39, 0.29) is 5.82 Å². The van der Waals surface area contributed by atoms with Crippen LogP contribution in [-0.4, -0.2) is 9.78 Å². The second-order valence-electron chi connectivity index (χ2n) is 4.41. The number of rotatable bonds is 2. The van der Waals surface area contributed by atoms with Gasteiger partial charge < -0.3 is 0 Å². The van der Waals surface area contributed by atoms with Gasteiger partial charge in [-0.25, -0.2) is 4.39 Å². The Hall–Kier alpha value is -2.42. The van der Waals surface area contributed by atoms with Gasteiger partial charge in [0.2, 0.25) is 0 Å². The smallest absolute Gasteiger partial charge is 0.123 e. The van der Waals surface area contributed by atoms with E-state index in [1.807, 2.05) is 48.1 Å². The van der Waals surface area contributed by atoms with Crippen LogP contribution < -0.4 is 0 Å². The zero-order chi connectivity index (χ0) is 13.2. The highest BCUT2D eigenvalue weighted by Crippen LogP contribution is 2.25. The zero-order valence-corrected chi connectivity index (χ0v) is 10.5. The first-order valence-electron chi connectivity index (χ1n) is 6.09. The minimum Gasteiger partial charge on any atom is -0.267 e. The Morgan fingerprint density at radius 1 is 0.895 bits per heavy atom. The van der Waals surface area contributed by atoms with Crippen molar-refractivity contribution in [1.29, 1.82) is 0 Å². The maximum absolute atomic E-state index is 12.9. The predicted molar refractivity (Wildman–Crippen MR) is 74.0 cm³/mol. The fraction of sp³-hybridized carbons (Fsp3) is 0.0625. The van der Waals surface area contributed by atoms with Crippen LogP contribution in [0.5, 0.6) is 0 Å². The van der Waals surface area contributed by atoms with Crippen LogP contribution in [-0.2, 0) is 7.05 Å². The molecule has 0 unspecified atom stereocenters. The van der Waals surface area contributed by atoms with Crippen LogP contribution >= 0.6 is 0 Å². The predicted octanol–water partition coefficient (Wildman–Crippen LogP) is 3.89. The van der Waals surface area contributed by atoms with Crippen LogP contribution in [0.15, 0.2) is 60.7 Å². The second kappa shape index (κ2) is 4.69. The van der Waals surface area contributed by atoms with Crippen molar-refractivity contribution in [3.63, 3.8) is 0 Å². The molecule has 0 aliphatic carbocycles. The molecule has 3 rings (SSSR count). The molecular formula is C16H13FN2. The van der Waals surface area contributed by atoms with Gasteiger partial charge in [0.25, 0.3) is 0 Å². The standard InChI is InChI=1S/C16H13FN2/c1-19-16(13-5-3-2-4-6-13)11-15(18-19)12-7-9-14(17)10-8-12/h2-11H,1H3. The minimum absolute atomic E-state index is 0.233. The number of aromatic nitrogens is 2. The monoisotopic (exact) mass is 252 g/mol. The summed E-state index contributed by atoms with van der Waals surface area (Å²) in [6.45, 7) is 0.